The monoisotopic (exact) mass is 222 g/mol. The largest absolute Gasteiger partial charge is 0.493 e. The molecule has 0 bridgehead atoms. The normalized spacial score (nSPS) is 17.6. The Hall–Kier alpha value is -1.71. The lowest BCUT2D eigenvalue weighted by atomic mass is 9.99. The maximum absolute atomic E-state index is 11.5. The number of benzene rings is 1. The zero-order valence-corrected chi connectivity index (χ0v) is 9.57. The van der Waals surface area contributed by atoms with Gasteiger partial charge in [0.1, 0.15) is 12.5 Å². The molecule has 4 nitrogen and oxygen atoms in total. The minimum absolute atomic E-state index is 0.272. The Labute approximate surface area is 94.1 Å². The molecule has 4 heteroatoms. The third-order valence-corrected chi connectivity index (χ3v) is 2.70. The smallest absolute Gasteiger partial charge is 0.316 e. The van der Waals surface area contributed by atoms with Gasteiger partial charge >= 0.3 is 5.97 Å². The van der Waals surface area contributed by atoms with Crippen molar-refractivity contribution in [2.75, 3.05) is 20.8 Å². The Balaban J connectivity index is 2.46. The number of aryl methyl sites for hydroxylation is 1. The van der Waals surface area contributed by atoms with Crippen LogP contribution in [-0.4, -0.2) is 26.8 Å². The number of hydrogen-bond donors (Lipinski definition) is 0. The van der Waals surface area contributed by atoms with Gasteiger partial charge in [-0.05, 0) is 18.6 Å². The van der Waals surface area contributed by atoms with Gasteiger partial charge in [0.2, 0.25) is 0 Å². The van der Waals surface area contributed by atoms with Crippen LogP contribution in [0.1, 0.15) is 17.0 Å². The van der Waals surface area contributed by atoms with Gasteiger partial charge < -0.3 is 14.2 Å². The standard InChI is InChI=1S/C12H14O4/c1-7-4-8-9(12(13)15-3)6-16-11(8)10(5-7)14-2/h4-5,9H,6H2,1-3H3. The van der Waals surface area contributed by atoms with Crippen LogP contribution in [0.5, 0.6) is 11.5 Å². The van der Waals surface area contributed by atoms with Crippen molar-refractivity contribution in [1.82, 2.24) is 0 Å². The van der Waals surface area contributed by atoms with Crippen molar-refractivity contribution in [2.45, 2.75) is 12.8 Å². The zero-order chi connectivity index (χ0) is 11.7. The Morgan fingerprint density at radius 2 is 2.19 bits per heavy atom. The zero-order valence-electron chi connectivity index (χ0n) is 9.57. The summed E-state index contributed by atoms with van der Waals surface area (Å²) in [4.78, 5) is 11.5. The molecule has 1 aliphatic heterocycles. The fourth-order valence-corrected chi connectivity index (χ4v) is 1.93. The summed E-state index contributed by atoms with van der Waals surface area (Å²) in [5.74, 6) is 0.713. The second kappa shape index (κ2) is 4.04. The van der Waals surface area contributed by atoms with Crippen molar-refractivity contribution in [3.05, 3.63) is 23.3 Å². The molecule has 0 aromatic heterocycles. The van der Waals surface area contributed by atoms with Gasteiger partial charge in [-0.2, -0.15) is 0 Å². The van der Waals surface area contributed by atoms with E-state index in [0.29, 0.717) is 18.1 Å². The molecule has 1 atom stereocenters. The minimum Gasteiger partial charge on any atom is -0.493 e. The van der Waals surface area contributed by atoms with E-state index in [1.165, 1.54) is 7.11 Å². The number of fused-ring (bicyclic) bond motifs is 1. The Kier molecular flexibility index (Phi) is 2.73. The first-order chi connectivity index (χ1) is 7.67. The van der Waals surface area contributed by atoms with E-state index >= 15 is 0 Å². The van der Waals surface area contributed by atoms with Crippen molar-refractivity contribution in [3.8, 4) is 11.5 Å². The van der Waals surface area contributed by atoms with E-state index in [1.54, 1.807) is 7.11 Å². The van der Waals surface area contributed by atoms with Gasteiger partial charge in [0.25, 0.3) is 0 Å². The second-order valence-electron chi connectivity index (χ2n) is 3.77. The Morgan fingerprint density at radius 1 is 1.44 bits per heavy atom. The Morgan fingerprint density at radius 3 is 2.81 bits per heavy atom. The fraction of sp³-hybridized carbons (Fsp3) is 0.417. The number of esters is 1. The lowest BCUT2D eigenvalue weighted by Crippen LogP contribution is -2.15. The van der Waals surface area contributed by atoms with E-state index in [2.05, 4.69) is 0 Å². The highest BCUT2D eigenvalue weighted by Gasteiger charge is 2.33. The molecule has 0 saturated heterocycles. The van der Waals surface area contributed by atoms with E-state index in [0.717, 1.165) is 11.1 Å². The van der Waals surface area contributed by atoms with Gasteiger partial charge in [-0.3, -0.25) is 4.79 Å². The topological polar surface area (TPSA) is 44.8 Å². The molecule has 16 heavy (non-hydrogen) atoms. The molecule has 0 radical (unpaired) electrons. The first-order valence-corrected chi connectivity index (χ1v) is 5.06. The van der Waals surface area contributed by atoms with E-state index in [-0.39, 0.29) is 11.9 Å². The third-order valence-electron chi connectivity index (χ3n) is 2.70. The third kappa shape index (κ3) is 1.60. The van der Waals surface area contributed by atoms with Crippen molar-refractivity contribution in [1.29, 1.82) is 0 Å². The molecule has 86 valence electrons. The molecular formula is C12H14O4. The van der Waals surface area contributed by atoms with Gasteiger partial charge in [0, 0.05) is 5.56 Å². The first kappa shape index (κ1) is 10.8. The van der Waals surface area contributed by atoms with E-state index in [9.17, 15) is 4.79 Å². The lowest BCUT2D eigenvalue weighted by Gasteiger charge is -2.09. The van der Waals surface area contributed by atoms with Gasteiger partial charge in [-0.15, -0.1) is 0 Å². The molecule has 0 amide bonds. The average Bonchev–Trinajstić information content (AvgIpc) is 2.70. The molecule has 0 aliphatic carbocycles. The maximum Gasteiger partial charge on any atom is 0.316 e. The van der Waals surface area contributed by atoms with Gasteiger partial charge in [-0.1, -0.05) is 6.07 Å². The summed E-state index contributed by atoms with van der Waals surface area (Å²) in [6, 6.07) is 3.82. The number of carbonyl (C=O) groups is 1. The van der Waals surface area contributed by atoms with E-state index in [1.807, 2.05) is 19.1 Å². The minimum atomic E-state index is -0.339. The number of methoxy groups -OCH3 is 2. The summed E-state index contributed by atoms with van der Waals surface area (Å²) in [6.45, 7) is 2.28. The van der Waals surface area contributed by atoms with Crippen LogP contribution in [0.2, 0.25) is 0 Å². The van der Waals surface area contributed by atoms with Crippen molar-refractivity contribution >= 4 is 5.97 Å². The number of ether oxygens (including phenoxy) is 3. The highest BCUT2D eigenvalue weighted by atomic mass is 16.5. The fourth-order valence-electron chi connectivity index (χ4n) is 1.93. The number of rotatable bonds is 2. The highest BCUT2D eigenvalue weighted by Crippen LogP contribution is 2.42. The molecule has 1 aromatic carbocycles. The van der Waals surface area contributed by atoms with Crippen molar-refractivity contribution in [3.63, 3.8) is 0 Å². The summed E-state index contributed by atoms with van der Waals surface area (Å²) < 4.78 is 15.5. The van der Waals surface area contributed by atoms with Crippen molar-refractivity contribution < 1.29 is 19.0 Å². The molecule has 0 spiro atoms. The molecule has 1 aliphatic rings. The molecular weight excluding hydrogens is 208 g/mol. The molecule has 2 rings (SSSR count). The van der Waals surface area contributed by atoms with E-state index in [4.69, 9.17) is 14.2 Å². The van der Waals surface area contributed by atoms with Crippen molar-refractivity contribution in [2.24, 2.45) is 0 Å². The number of carbonyl (C=O) groups excluding carboxylic acids is 1. The molecule has 0 saturated carbocycles. The summed E-state index contributed by atoms with van der Waals surface area (Å²) >= 11 is 0. The van der Waals surface area contributed by atoms with Gasteiger partial charge in [0.05, 0.1) is 14.2 Å². The van der Waals surface area contributed by atoms with Crippen LogP contribution >= 0.6 is 0 Å². The molecule has 0 fully saturated rings. The van der Waals surface area contributed by atoms with Gasteiger partial charge in [0.15, 0.2) is 11.5 Å². The maximum atomic E-state index is 11.5. The van der Waals surface area contributed by atoms with Crippen LogP contribution in [0.15, 0.2) is 12.1 Å². The van der Waals surface area contributed by atoms with Crippen LogP contribution < -0.4 is 9.47 Å². The number of hydrogen-bond acceptors (Lipinski definition) is 4. The first-order valence-electron chi connectivity index (χ1n) is 5.06. The molecule has 1 aromatic rings. The van der Waals surface area contributed by atoms with Crippen LogP contribution in [0, 0.1) is 6.92 Å². The Bertz CT molecular complexity index is 425. The van der Waals surface area contributed by atoms with Crippen LogP contribution in [-0.2, 0) is 9.53 Å². The predicted octanol–water partition coefficient (Wildman–Crippen LogP) is 1.65. The second-order valence-corrected chi connectivity index (χ2v) is 3.77. The molecule has 1 unspecified atom stereocenters. The van der Waals surface area contributed by atoms with Crippen LogP contribution in [0.3, 0.4) is 0 Å². The highest BCUT2D eigenvalue weighted by molar-refractivity contribution is 5.81. The van der Waals surface area contributed by atoms with Crippen LogP contribution in [0.25, 0.3) is 0 Å². The van der Waals surface area contributed by atoms with E-state index < -0.39 is 0 Å². The summed E-state index contributed by atoms with van der Waals surface area (Å²) in [5.41, 5.74) is 1.89. The lowest BCUT2D eigenvalue weighted by molar-refractivity contribution is -0.142. The molecule has 1 heterocycles. The predicted molar refractivity (Wildman–Crippen MR) is 58.0 cm³/mol. The quantitative estimate of drug-likeness (QED) is 0.714. The van der Waals surface area contributed by atoms with Gasteiger partial charge in [-0.25, -0.2) is 0 Å². The summed E-state index contributed by atoms with van der Waals surface area (Å²) in [7, 11) is 2.97. The summed E-state index contributed by atoms with van der Waals surface area (Å²) in [6.07, 6.45) is 0. The SMILES string of the molecule is COC(=O)C1COc2c(OC)cc(C)cc21. The molecule has 0 N–H and O–H groups in total. The summed E-state index contributed by atoms with van der Waals surface area (Å²) in [5, 5.41) is 0. The average molecular weight is 222 g/mol. The van der Waals surface area contributed by atoms with Crippen LogP contribution in [0.4, 0.5) is 0 Å².